The monoisotopic (exact) mass is 221 g/mol. The molecule has 2 aromatic carbocycles. The largest absolute Gasteiger partial charge is 0.506 e. The van der Waals surface area contributed by atoms with E-state index in [9.17, 15) is 13.9 Å². The fraction of sp³-hybridized carbons (Fsp3) is 0. The molecular formula is C12H9F2NO. The van der Waals surface area contributed by atoms with Crippen molar-refractivity contribution in [3.05, 3.63) is 48.0 Å². The zero-order chi connectivity index (χ0) is 11.7. The summed E-state index contributed by atoms with van der Waals surface area (Å²) in [5.74, 6) is -2.01. The summed E-state index contributed by atoms with van der Waals surface area (Å²) in [5, 5.41) is 9.38. The van der Waals surface area contributed by atoms with Crippen LogP contribution in [0.3, 0.4) is 0 Å². The molecule has 2 rings (SSSR count). The van der Waals surface area contributed by atoms with Crippen molar-refractivity contribution < 1.29 is 13.9 Å². The molecule has 0 saturated heterocycles. The summed E-state index contributed by atoms with van der Waals surface area (Å²) in [6, 6.07) is 8.13. The van der Waals surface area contributed by atoms with E-state index in [0.717, 1.165) is 6.07 Å². The molecule has 0 aliphatic heterocycles. The van der Waals surface area contributed by atoms with E-state index in [1.807, 2.05) is 0 Å². The number of anilines is 1. The molecule has 0 heterocycles. The molecule has 0 unspecified atom stereocenters. The summed E-state index contributed by atoms with van der Waals surface area (Å²) < 4.78 is 26.4. The van der Waals surface area contributed by atoms with E-state index in [2.05, 4.69) is 0 Å². The molecule has 16 heavy (non-hydrogen) atoms. The summed E-state index contributed by atoms with van der Waals surface area (Å²) in [7, 11) is 0. The van der Waals surface area contributed by atoms with Gasteiger partial charge in [-0.15, -0.1) is 0 Å². The fourth-order valence-corrected chi connectivity index (χ4v) is 1.44. The van der Waals surface area contributed by atoms with Gasteiger partial charge in [0.1, 0.15) is 5.75 Å². The van der Waals surface area contributed by atoms with Crippen molar-refractivity contribution in [2.75, 3.05) is 5.73 Å². The number of phenolic OH excluding ortho intramolecular Hbond substituents is 1. The SMILES string of the molecule is Nc1ccc(-c2cccc(F)c2F)cc1O. The quantitative estimate of drug-likeness (QED) is 0.574. The van der Waals surface area contributed by atoms with Crippen molar-refractivity contribution in [1.82, 2.24) is 0 Å². The number of aromatic hydroxyl groups is 1. The Labute approximate surface area is 91.0 Å². The van der Waals surface area contributed by atoms with E-state index in [-0.39, 0.29) is 17.0 Å². The lowest BCUT2D eigenvalue weighted by atomic mass is 10.0. The van der Waals surface area contributed by atoms with Crippen molar-refractivity contribution in [3.8, 4) is 16.9 Å². The first-order valence-corrected chi connectivity index (χ1v) is 4.62. The van der Waals surface area contributed by atoms with Crippen LogP contribution in [0.1, 0.15) is 0 Å². The Kier molecular flexibility index (Phi) is 2.48. The Hall–Kier alpha value is -2.10. The topological polar surface area (TPSA) is 46.2 Å². The zero-order valence-corrected chi connectivity index (χ0v) is 8.24. The molecule has 0 spiro atoms. The maximum Gasteiger partial charge on any atom is 0.166 e. The molecule has 0 aliphatic carbocycles. The normalized spacial score (nSPS) is 10.4. The van der Waals surface area contributed by atoms with Gasteiger partial charge in [0.25, 0.3) is 0 Å². The third-order valence-corrected chi connectivity index (χ3v) is 2.29. The third kappa shape index (κ3) is 1.69. The highest BCUT2D eigenvalue weighted by molar-refractivity contribution is 5.70. The van der Waals surface area contributed by atoms with E-state index in [1.54, 1.807) is 0 Å². The predicted octanol–water partition coefficient (Wildman–Crippen LogP) is 2.92. The Bertz CT molecular complexity index is 541. The second-order valence-electron chi connectivity index (χ2n) is 3.37. The van der Waals surface area contributed by atoms with Gasteiger partial charge >= 0.3 is 0 Å². The Morgan fingerprint density at radius 1 is 1.06 bits per heavy atom. The van der Waals surface area contributed by atoms with E-state index in [4.69, 9.17) is 5.73 Å². The number of hydrogen-bond acceptors (Lipinski definition) is 2. The van der Waals surface area contributed by atoms with Crippen LogP contribution >= 0.6 is 0 Å². The molecule has 2 aromatic rings. The molecule has 0 aromatic heterocycles. The van der Waals surface area contributed by atoms with Gasteiger partial charge in [-0.05, 0) is 23.8 Å². The first-order chi connectivity index (χ1) is 7.59. The van der Waals surface area contributed by atoms with E-state index >= 15 is 0 Å². The molecule has 0 radical (unpaired) electrons. The van der Waals surface area contributed by atoms with Crippen LogP contribution in [0, 0.1) is 11.6 Å². The van der Waals surface area contributed by atoms with E-state index < -0.39 is 11.6 Å². The zero-order valence-electron chi connectivity index (χ0n) is 8.24. The van der Waals surface area contributed by atoms with Gasteiger partial charge in [-0.1, -0.05) is 18.2 Å². The lowest BCUT2D eigenvalue weighted by Crippen LogP contribution is -1.90. The van der Waals surface area contributed by atoms with Crippen molar-refractivity contribution >= 4 is 5.69 Å². The summed E-state index contributed by atoms with van der Waals surface area (Å²) in [4.78, 5) is 0. The number of nitrogen functional groups attached to an aromatic ring is 1. The van der Waals surface area contributed by atoms with Gasteiger partial charge in [0, 0.05) is 5.56 Å². The minimum atomic E-state index is -0.938. The number of benzene rings is 2. The average Bonchev–Trinajstić information content (AvgIpc) is 2.26. The second-order valence-corrected chi connectivity index (χ2v) is 3.37. The van der Waals surface area contributed by atoms with Crippen LogP contribution in [-0.2, 0) is 0 Å². The van der Waals surface area contributed by atoms with Crippen molar-refractivity contribution in [2.45, 2.75) is 0 Å². The van der Waals surface area contributed by atoms with Gasteiger partial charge < -0.3 is 10.8 Å². The van der Waals surface area contributed by atoms with Crippen LogP contribution < -0.4 is 5.73 Å². The minimum Gasteiger partial charge on any atom is -0.506 e. The maximum atomic E-state index is 13.4. The second kappa shape index (κ2) is 3.81. The summed E-state index contributed by atoms with van der Waals surface area (Å²) >= 11 is 0. The first-order valence-electron chi connectivity index (χ1n) is 4.62. The molecule has 0 atom stereocenters. The summed E-state index contributed by atoms with van der Waals surface area (Å²) in [5.41, 5.74) is 6.08. The number of nitrogens with two attached hydrogens (primary N) is 1. The number of phenols is 1. The van der Waals surface area contributed by atoms with Gasteiger partial charge in [-0.3, -0.25) is 0 Å². The highest BCUT2D eigenvalue weighted by Gasteiger charge is 2.10. The van der Waals surface area contributed by atoms with Crippen LogP contribution in [0.5, 0.6) is 5.75 Å². The molecule has 3 N–H and O–H groups in total. The first kappa shape index (κ1) is 10.4. The van der Waals surface area contributed by atoms with Crippen LogP contribution in [-0.4, -0.2) is 5.11 Å². The molecule has 82 valence electrons. The van der Waals surface area contributed by atoms with Gasteiger partial charge in [0.15, 0.2) is 11.6 Å². The lowest BCUT2D eigenvalue weighted by Gasteiger charge is -2.06. The molecule has 0 bridgehead atoms. The number of hydrogen-bond donors (Lipinski definition) is 2. The van der Waals surface area contributed by atoms with Crippen LogP contribution in [0.2, 0.25) is 0 Å². The van der Waals surface area contributed by atoms with Crippen molar-refractivity contribution in [2.24, 2.45) is 0 Å². The third-order valence-electron chi connectivity index (χ3n) is 2.29. The minimum absolute atomic E-state index is 0.0929. The molecule has 0 aliphatic rings. The van der Waals surface area contributed by atoms with E-state index in [1.165, 1.54) is 30.3 Å². The van der Waals surface area contributed by atoms with Crippen molar-refractivity contribution in [3.63, 3.8) is 0 Å². The number of rotatable bonds is 1. The molecular weight excluding hydrogens is 212 g/mol. The molecule has 0 amide bonds. The smallest absolute Gasteiger partial charge is 0.166 e. The van der Waals surface area contributed by atoms with Gasteiger partial charge in [-0.25, -0.2) is 8.78 Å². The molecule has 0 saturated carbocycles. The van der Waals surface area contributed by atoms with Gasteiger partial charge in [-0.2, -0.15) is 0 Å². The Morgan fingerprint density at radius 3 is 2.50 bits per heavy atom. The average molecular weight is 221 g/mol. The Balaban J connectivity index is 2.59. The summed E-state index contributed by atoms with van der Waals surface area (Å²) in [6.07, 6.45) is 0. The van der Waals surface area contributed by atoms with Crippen LogP contribution in [0.15, 0.2) is 36.4 Å². The molecule has 4 heteroatoms. The summed E-state index contributed by atoms with van der Waals surface area (Å²) in [6.45, 7) is 0. The van der Waals surface area contributed by atoms with Gasteiger partial charge in [0.2, 0.25) is 0 Å². The standard InChI is InChI=1S/C12H9F2NO/c13-9-3-1-2-8(12(9)14)7-4-5-10(15)11(16)6-7/h1-6,16H,15H2. The van der Waals surface area contributed by atoms with Crippen LogP contribution in [0.4, 0.5) is 14.5 Å². The highest BCUT2D eigenvalue weighted by Crippen LogP contribution is 2.30. The number of halogens is 2. The predicted molar refractivity (Wildman–Crippen MR) is 57.9 cm³/mol. The Morgan fingerprint density at radius 2 is 1.81 bits per heavy atom. The molecule has 2 nitrogen and oxygen atoms in total. The lowest BCUT2D eigenvalue weighted by molar-refractivity contribution is 0.478. The van der Waals surface area contributed by atoms with E-state index in [0.29, 0.717) is 5.56 Å². The molecule has 0 fully saturated rings. The van der Waals surface area contributed by atoms with Crippen LogP contribution in [0.25, 0.3) is 11.1 Å². The fourth-order valence-electron chi connectivity index (χ4n) is 1.44. The van der Waals surface area contributed by atoms with Crippen molar-refractivity contribution in [1.29, 1.82) is 0 Å². The van der Waals surface area contributed by atoms with Gasteiger partial charge in [0.05, 0.1) is 5.69 Å². The maximum absolute atomic E-state index is 13.4. The highest BCUT2D eigenvalue weighted by atomic mass is 19.2.